The van der Waals surface area contributed by atoms with Gasteiger partial charge in [0.1, 0.15) is 0 Å². The minimum Gasteiger partial charge on any atom is -0.449 e. The maximum atomic E-state index is 12.8. The molecule has 0 aromatic heterocycles. The zero-order valence-electron chi connectivity index (χ0n) is 19.3. The van der Waals surface area contributed by atoms with E-state index in [1.165, 1.54) is 0 Å². The van der Waals surface area contributed by atoms with Crippen molar-refractivity contribution in [1.82, 2.24) is 20.9 Å². The van der Waals surface area contributed by atoms with Crippen LogP contribution in [0.2, 0.25) is 0 Å². The molecular weight excluding hydrogens is 384 g/mol. The third-order valence-corrected chi connectivity index (χ3v) is 6.78. The molecule has 2 fully saturated rings. The van der Waals surface area contributed by atoms with Gasteiger partial charge in [-0.15, -0.1) is 0 Å². The normalized spacial score (nSPS) is 26.2. The number of piperidine rings is 2. The first-order valence-corrected chi connectivity index (χ1v) is 11.3. The Kier molecular flexibility index (Phi) is 8.52. The predicted molar refractivity (Wildman–Crippen MR) is 116 cm³/mol. The van der Waals surface area contributed by atoms with E-state index in [0.29, 0.717) is 38.5 Å². The topological polar surface area (TPSA) is 99.8 Å². The third-order valence-electron chi connectivity index (χ3n) is 6.78. The van der Waals surface area contributed by atoms with Crippen molar-refractivity contribution in [3.63, 3.8) is 0 Å². The summed E-state index contributed by atoms with van der Waals surface area (Å²) in [5.41, 5.74) is -0.847. The van der Waals surface area contributed by atoms with Gasteiger partial charge >= 0.3 is 6.09 Å². The van der Waals surface area contributed by atoms with Crippen LogP contribution in [0.3, 0.4) is 0 Å². The number of carbonyl (C=O) groups is 3. The summed E-state index contributed by atoms with van der Waals surface area (Å²) in [5, 5.41) is 9.15. The maximum Gasteiger partial charge on any atom is 0.409 e. The second-order valence-electron chi connectivity index (χ2n) is 9.60. The van der Waals surface area contributed by atoms with Crippen LogP contribution in [0.4, 0.5) is 4.79 Å². The van der Waals surface area contributed by atoms with Crippen LogP contribution in [0, 0.1) is 16.7 Å². The second kappa shape index (κ2) is 10.5. The van der Waals surface area contributed by atoms with Crippen LogP contribution in [0.25, 0.3) is 0 Å². The molecule has 2 aliphatic rings. The molecule has 0 radical (unpaired) electrons. The van der Waals surface area contributed by atoms with Crippen molar-refractivity contribution in [2.45, 2.75) is 65.3 Å². The summed E-state index contributed by atoms with van der Waals surface area (Å²) in [7, 11) is 3.36. The number of hydrogen-bond donors (Lipinski definition) is 3. The lowest BCUT2D eigenvalue weighted by molar-refractivity contribution is -0.135. The molecule has 2 unspecified atom stereocenters. The molecule has 2 aliphatic heterocycles. The molecule has 0 aromatic rings. The Labute approximate surface area is 180 Å². The number of ether oxygens (including phenoxy) is 1. The molecular formula is C22H40N4O4. The first-order valence-electron chi connectivity index (χ1n) is 11.3. The molecule has 0 bridgehead atoms. The van der Waals surface area contributed by atoms with Gasteiger partial charge in [-0.3, -0.25) is 9.59 Å². The highest BCUT2D eigenvalue weighted by atomic mass is 16.6. The molecule has 3 N–H and O–H groups in total. The standard InChI is InChI=1S/C22H40N4O4/c1-16(2)15-30-20(29)26-12-9-22(10-13-26,19(28)24-5)7-6-17-14-21(3,8-11-25-17)18(27)23-4/h16-17,25H,6-15H2,1-5H3,(H,23,27)(H,24,28). The van der Waals surface area contributed by atoms with E-state index in [9.17, 15) is 14.4 Å². The van der Waals surface area contributed by atoms with Gasteiger partial charge in [0.15, 0.2) is 0 Å². The summed E-state index contributed by atoms with van der Waals surface area (Å²) in [4.78, 5) is 39.1. The van der Waals surface area contributed by atoms with Crippen molar-refractivity contribution in [2.75, 3.05) is 40.3 Å². The molecule has 172 valence electrons. The van der Waals surface area contributed by atoms with Crippen molar-refractivity contribution in [1.29, 1.82) is 0 Å². The Bertz CT molecular complexity index is 616. The van der Waals surface area contributed by atoms with Gasteiger partial charge in [0.25, 0.3) is 0 Å². The Hall–Kier alpha value is -1.83. The van der Waals surface area contributed by atoms with Gasteiger partial charge in [0.2, 0.25) is 11.8 Å². The molecule has 2 saturated heterocycles. The quantitative estimate of drug-likeness (QED) is 0.580. The van der Waals surface area contributed by atoms with Crippen LogP contribution in [-0.4, -0.2) is 69.2 Å². The zero-order chi connectivity index (χ0) is 22.4. The van der Waals surface area contributed by atoms with Crippen molar-refractivity contribution < 1.29 is 19.1 Å². The number of likely N-dealkylation sites (tertiary alicyclic amines) is 1. The van der Waals surface area contributed by atoms with E-state index in [2.05, 4.69) is 16.0 Å². The molecule has 0 spiro atoms. The number of amides is 3. The molecule has 0 saturated carbocycles. The van der Waals surface area contributed by atoms with Crippen LogP contribution in [0.1, 0.15) is 59.3 Å². The molecule has 2 rings (SSSR count). The Morgan fingerprint density at radius 1 is 1.10 bits per heavy atom. The minimum atomic E-state index is -0.480. The largest absolute Gasteiger partial charge is 0.449 e. The van der Waals surface area contributed by atoms with Crippen LogP contribution >= 0.6 is 0 Å². The smallest absolute Gasteiger partial charge is 0.409 e. The molecule has 0 aliphatic carbocycles. The Balaban J connectivity index is 1.96. The van der Waals surface area contributed by atoms with Crippen molar-refractivity contribution >= 4 is 17.9 Å². The van der Waals surface area contributed by atoms with Crippen molar-refractivity contribution in [2.24, 2.45) is 16.7 Å². The van der Waals surface area contributed by atoms with Crippen LogP contribution in [0.15, 0.2) is 0 Å². The highest BCUT2D eigenvalue weighted by Gasteiger charge is 2.44. The van der Waals surface area contributed by atoms with E-state index in [-0.39, 0.29) is 29.4 Å². The monoisotopic (exact) mass is 424 g/mol. The summed E-state index contributed by atoms with van der Waals surface area (Å²) in [6, 6.07) is 0.205. The fourth-order valence-electron chi connectivity index (χ4n) is 4.74. The van der Waals surface area contributed by atoms with E-state index in [0.717, 1.165) is 32.2 Å². The van der Waals surface area contributed by atoms with E-state index < -0.39 is 5.41 Å². The van der Waals surface area contributed by atoms with E-state index >= 15 is 0 Å². The zero-order valence-corrected chi connectivity index (χ0v) is 19.3. The average Bonchev–Trinajstić information content (AvgIpc) is 2.75. The van der Waals surface area contributed by atoms with Crippen LogP contribution < -0.4 is 16.0 Å². The van der Waals surface area contributed by atoms with Gasteiger partial charge in [0, 0.05) is 38.6 Å². The van der Waals surface area contributed by atoms with Crippen LogP contribution in [-0.2, 0) is 14.3 Å². The fraction of sp³-hybridized carbons (Fsp3) is 0.864. The molecule has 8 nitrogen and oxygen atoms in total. The van der Waals surface area contributed by atoms with Gasteiger partial charge in [-0.25, -0.2) is 4.79 Å². The SMILES string of the molecule is CNC(=O)C1(C)CCNC(CCC2(C(=O)NC)CCN(C(=O)OCC(C)C)CC2)C1. The summed E-state index contributed by atoms with van der Waals surface area (Å²) >= 11 is 0. The fourth-order valence-corrected chi connectivity index (χ4v) is 4.74. The van der Waals surface area contributed by atoms with E-state index in [1.54, 1.807) is 19.0 Å². The van der Waals surface area contributed by atoms with Gasteiger partial charge in [-0.1, -0.05) is 20.8 Å². The molecule has 8 heteroatoms. The molecule has 0 aromatic carbocycles. The van der Waals surface area contributed by atoms with Crippen molar-refractivity contribution in [3.05, 3.63) is 0 Å². The maximum absolute atomic E-state index is 12.8. The number of rotatable bonds is 7. The molecule has 2 heterocycles. The second-order valence-corrected chi connectivity index (χ2v) is 9.60. The van der Waals surface area contributed by atoms with E-state index in [1.807, 2.05) is 20.8 Å². The van der Waals surface area contributed by atoms with Gasteiger partial charge in [0.05, 0.1) is 12.0 Å². The lowest BCUT2D eigenvalue weighted by atomic mass is 9.70. The highest BCUT2D eigenvalue weighted by Crippen LogP contribution is 2.39. The van der Waals surface area contributed by atoms with E-state index in [4.69, 9.17) is 4.74 Å². The highest BCUT2D eigenvalue weighted by molar-refractivity contribution is 5.83. The number of hydrogen-bond acceptors (Lipinski definition) is 5. The number of nitrogens with one attached hydrogen (secondary N) is 3. The Morgan fingerprint density at radius 3 is 2.30 bits per heavy atom. The van der Waals surface area contributed by atoms with Gasteiger partial charge in [-0.2, -0.15) is 0 Å². The average molecular weight is 425 g/mol. The summed E-state index contributed by atoms with van der Waals surface area (Å²) in [5.74, 6) is 0.429. The van der Waals surface area contributed by atoms with Crippen LogP contribution in [0.5, 0.6) is 0 Å². The molecule has 2 atom stereocenters. The minimum absolute atomic E-state index is 0.0440. The summed E-state index contributed by atoms with van der Waals surface area (Å²) < 4.78 is 5.35. The molecule has 3 amide bonds. The summed E-state index contributed by atoms with van der Waals surface area (Å²) in [6.07, 6.45) is 4.12. The first-order chi connectivity index (χ1) is 14.2. The van der Waals surface area contributed by atoms with Gasteiger partial charge < -0.3 is 25.6 Å². The molecule has 30 heavy (non-hydrogen) atoms. The van der Waals surface area contributed by atoms with Gasteiger partial charge in [-0.05, 0) is 51.0 Å². The third kappa shape index (κ3) is 5.86. The predicted octanol–water partition coefficient (Wildman–Crippen LogP) is 1.89. The number of carbonyl (C=O) groups excluding carboxylic acids is 3. The Morgan fingerprint density at radius 2 is 1.73 bits per heavy atom. The number of nitrogens with zero attached hydrogens (tertiary/aromatic N) is 1. The first kappa shape index (κ1) is 24.4. The van der Waals surface area contributed by atoms with Crippen molar-refractivity contribution in [3.8, 4) is 0 Å². The summed E-state index contributed by atoms with van der Waals surface area (Å²) in [6.45, 7) is 8.31. The lowest BCUT2D eigenvalue weighted by Crippen LogP contribution is -2.52. The lowest BCUT2D eigenvalue weighted by Gasteiger charge is -2.42.